The Morgan fingerprint density at radius 1 is 0.508 bits per heavy atom. The van der Waals surface area contributed by atoms with Crippen molar-refractivity contribution in [2.45, 2.75) is 224 Å². The Labute approximate surface area is 367 Å². The number of rotatable bonds is 38. The fraction of sp³-hybridized carbons (Fsp3) is 0.787. The summed E-state index contributed by atoms with van der Waals surface area (Å²) in [6, 6.07) is 0. The number of phosphoric acid groups is 1. The van der Waals surface area contributed by atoms with E-state index < -0.39 is 75.7 Å². The summed E-state index contributed by atoms with van der Waals surface area (Å²) in [5, 5.41) is 50.1. The monoisotopic (exact) mass is 887 g/mol. The van der Waals surface area contributed by atoms with Crippen LogP contribution >= 0.6 is 7.82 Å². The van der Waals surface area contributed by atoms with Crippen LogP contribution in [-0.4, -0.2) is 98.3 Å². The predicted octanol–water partition coefficient (Wildman–Crippen LogP) is 9.17. The highest BCUT2D eigenvalue weighted by Gasteiger charge is 2.51. The van der Waals surface area contributed by atoms with E-state index in [-0.39, 0.29) is 12.8 Å². The molecule has 0 spiro atoms. The molecule has 1 saturated carbocycles. The van der Waals surface area contributed by atoms with E-state index in [1.165, 1.54) is 77.0 Å². The lowest BCUT2D eigenvalue weighted by atomic mass is 9.85. The Bertz CT molecular complexity index is 1250. The van der Waals surface area contributed by atoms with Crippen molar-refractivity contribution in [3.63, 3.8) is 0 Å². The van der Waals surface area contributed by atoms with Gasteiger partial charge in [0, 0.05) is 12.8 Å². The standard InChI is InChI=1S/C47H83O13P/c1-3-5-7-9-11-13-15-17-19-20-22-23-25-27-29-31-33-35-40(48)57-37-39(38-58-61(55,56)60-47-45(53)43(51)42(50)44(52)46(47)54)59-41(49)36-34-32-30-28-26-24-21-18-16-14-12-10-8-6-4-2/h11,13,17,19,22-23,26,28,39,42-47,50-54H,3-10,12,14-16,18,20-21,24-25,27,29-38H2,1-2H3,(H,55,56)/b13-11+,19-17+,23-22+,28-26+/t39-,42?,43-,44?,45?,46?,47?/m0/s1. The number of carbonyl (C=O) groups is 2. The molecule has 0 aliphatic heterocycles. The summed E-state index contributed by atoms with van der Waals surface area (Å²) < 4.78 is 33.5. The lowest BCUT2D eigenvalue weighted by Crippen LogP contribution is -2.64. The maximum atomic E-state index is 12.8. The maximum absolute atomic E-state index is 12.8. The van der Waals surface area contributed by atoms with Crippen LogP contribution in [0.3, 0.4) is 0 Å². The highest BCUT2D eigenvalue weighted by molar-refractivity contribution is 7.47. The zero-order chi connectivity index (χ0) is 45.0. The second kappa shape index (κ2) is 37.2. The average Bonchev–Trinajstić information content (AvgIpc) is 3.24. The summed E-state index contributed by atoms with van der Waals surface area (Å²) in [6.07, 6.45) is 30.2. The number of hydrogen-bond acceptors (Lipinski definition) is 12. The lowest BCUT2D eigenvalue weighted by molar-refractivity contribution is -0.220. The van der Waals surface area contributed by atoms with Crippen LogP contribution in [0.5, 0.6) is 0 Å². The van der Waals surface area contributed by atoms with Gasteiger partial charge in [0.15, 0.2) is 6.10 Å². The third-order valence-electron chi connectivity index (χ3n) is 10.6. The molecule has 1 rings (SSSR count). The second-order valence-corrected chi connectivity index (χ2v) is 17.7. The van der Waals surface area contributed by atoms with Crippen molar-refractivity contribution < 1.29 is 63.1 Å². The van der Waals surface area contributed by atoms with E-state index in [0.29, 0.717) is 12.8 Å². The van der Waals surface area contributed by atoms with Gasteiger partial charge in [-0.3, -0.25) is 18.6 Å². The molecule has 8 atom stereocenters. The molecule has 0 aromatic heterocycles. The molecule has 1 fully saturated rings. The minimum Gasteiger partial charge on any atom is -0.462 e. The molecule has 0 heterocycles. The van der Waals surface area contributed by atoms with Gasteiger partial charge < -0.3 is 39.9 Å². The molecular weight excluding hydrogens is 803 g/mol. The van der Waals surface area contributed by atoms with Crippen molar-refractivity contribution in [1.29, 1.82) is 0 Å². The van der Waals surface area contributed by atoms with Crippen LogP contribution in [0.25, 0.3) is 0 Å². The normalized spacial score (nSPS) is 22.4. The van der Waals surface area contributed by atoms with E-state index in [0.717, 1.165) is 64.2 Å². The molecular formula is C47H83O13P. The van der Waals surface area contributed by atoms with E-state index in [4.69, 9.17) is 18.5 Å². The summed E-state index contributed by atoms with van der Waals surface area (Å²) >= 11 is 0. The SMILES string of the molecule is CCCCC/C=C/C/C=C/C/C=C/CCCCCCC(=O)OC[C@@H](COP(=O)(O)OC1C(O)C(O)C(O)[C@H](O)C1O)OC(=O)CCCC/C=C/CCCCCCCCCCC. The largest absolute Gasteiger partial charge is 0.472 e. The highest BCUT2D eigenvalue weighted by atomic mass is 31.2. The molecule has 1 aliphatic rings. The number of phosphoric ester groups is 1. The molecule has 0 saturated heterocycles. The van der Waals surface area contributed by atoms with Crippen LogP contribution in [-0.2, 0) is 32.7 Å². The number of aliphatic hydroxyl groups is 5. The summed E-state index contributed by atoms with van der Waals surface area (Å²) in [6.45, 7) is 3.23. The van der Waals surface area contributed by atoms with Gasteiger partial charge in [-0.25, -0.2) is 4.57 Å². The number of unbranched alkanes of at least 4 members (excludes halogenated alkanes) is 18. The first-order valence-corrected chi connectivity index (χ1v) is 24.9. The topological polar surface area (TPSA) is 210 Å². The Morgan fingerprint density at radius 2 is 0.885 bits per heavy atom. The van der Waals surface area contributed by atoms with Gasteiger partial charge in [-0.1, -0.05) is 140 Å². The third-order valence-corrected chi connectivity index (χ3v) is 11.6. The van der Waals surface area contributed by atoms with E-state index >= 15 is 0 Å². The summed E-state index contributed by atoms with van der Waals surface area (Å²) in [5.41, 5.74) is 0. The lowest BCUT2D eigenvalue weighted by Gasteiger charge is -2.41. The predicted molar refractivity (Wildman–Crippen MR) is 239 cm³/mol. The van der Waals surface area contributed by atoms with Crippen LogP contribution in [0.4, 0.5) is 0 Å². The second-order valence-electron chi connectivity index (χ2n) is 16.3. The van der Waals surface area contributed by atoms with E-state index in [1.807, 2.05) is 0 Å². The molecule has 61 heavy (non-hydrogen) atoms. The van der Waals surface area contributed by atoms with Gasteiger partial charge in [0.2, 0.25) is 0 Å². The van der Waals surface area contributed by atoms with Gasteiger partial charge >= 0.3 is 19.8 Å². The quantitative estimate of drug-likeness (QED) is 0.0148. The molecule has 14 heteroatoms. The van der Waals surface area contributed by atoms with E-state index in [9.17, 15) is 44.6 Å². The molecule has 1 aliphatic carbocycles. The van der Waals surface area contributed by atoms with Crippen molar-refractivity contribution >= 4 is 19.8 Å². The number of esters is 2. The fourth-order valence-corrected chi connectivity index (χ4v) is 7.79. The van der Waals surface area contributed by atoms with Crippen LogP contribution in [0.2, 0.25) is 0 Å². The average molecular weight is 887 g/mol. The number of hydrogen-bond donors (Lipinski definition) is 6. The molecule has 0 amide bonds. The van der Waals surface area contributed by atoms with Crippen LogP contribution in [0.15, 0.2) is 48.6 Å². The minimum atomic E-state index is -5.13. The van der Waals surface area contributed by atoms with Gasteiger partial charge in [0.1, 0.15) is 43.2 Å². The Kier molecular flexibility index (Phi) is 34.7. The molecule has 13 nitrogen and oxygen atoms in total. The van der Waals surface area contributed by atoms with Gasteiger partial charge in [-0.2, -0.15) is 0 Å². The Hall–Kier alpha value is -2.19. The molecule has 6 unspecified atom stereocenters. The molecule has 0 aromatic rings. The third kappa shape index (κ3) is 29.7. The van der Waals surface area contributed by atoms with Crippen LogP contribution in [0, 0.1) is 0 Å². The molecule has 6 N–H and O–H groups in total. The van der Waals surface area contributed by atoms with Crippen molar-refractivity contribution in [1.82, 2.24) is 0 Å². The smallest absolute Gasteiger partial charge is 0.462 e. The van der Waals surface area contributed by atoms with Gasteiger partial charge in [-0.05, 0) is 77.0 Å². The number of aliphatic hydroxyl groups excluding tert-OH is 5. The van der Waals surface area contributed by atoms with Crippen molar-refractivity contribution in [3.8, 4) is 0 Å². The Morgan fingerprint density at radius 3 is 1.43 bits per heavy atom. The van der Waals surface area contributed by atoms with Gasteiger partial charge in [0.05, 0.1) is 6.61 Å². The van der Waals surface area contributed by atoms with Crippen molar-refractivity contribution in [2.24, 2.45) is 0 Å². The van der Waals surface area contributed by atoms with E-state index in [1.54, 1.807) is 0 Å². The molecule has 0 aromatic carbocycles. The van der Waals surface area contributed by atoms with Crippen LogP contribution < -0.4 is 0 Å². The maximum Gasteiger partial charge on any atom is 0.472 e. The minimum absolute atomic E-state index is 0.0606. The van der Waals surface area contributed by atoms with Crippen LogP contribution in [0.1, 0.15) is 181 Å². The van der Waals surface area contributed by atoms with Crippen molar-refractivity contribution in [3.05, 3.63) is 48.6 Å². The van der Waals surface area contributed by atoms with Gasteiger partial charge in [-0.15, -0.1) is 0 Å². The Balaban J connectivity index is 2.49. The number of allylic oxidation sites excluding steroid dienone is 8. The first-order chi connectivity index (χ1) is 29.4. The number of carbonyl (C=O) groups excluding carboxylic acids is 2. The first kappa shape index (κ1) is 56.8. The van der Waals surface area contributed by atoms with Gasteiger partial charge in [0.25, 0.3) is 0 Å². The zero-order valence-corrected chi connectivity index (χ0v) is 38.3. The number of ether oxygens (including phenoxy) is 2. The van der Waals surface area contributed by atoms with E-state index in [2.05, 4.69) is 62.5 Å². The highest BCUT2D eigenvalue weighted by Crippen LogP contribution is 2.47. The summed E-state index contributed by atoms with van der Waals surface area (Å²) in [5.74, 6) is -1.15. The molecule has 0 bridgehead atoms. The summed E-state index contributed by atoms with van der Waals surface area (Å²) in [7, 11) is -5.13. The zero-order valence-electron chi connectivity index (χ0n) is 37.4. The first-order valence-electron chi connectivity index (χ1n) is 23.4. The fourth-order valence-electron chi connectivity index (χ4n) is 6.82. The molecule has 0 radical (unpaired) electrons. The summed E-state index contributed by atoms with van der Waals surface area (Å²) in [4.78, 5) is 35.7. The molecule has 354 valence electrons. The van der Waals surface area contributed by atoms with Crippen molar-refractivity contribution in [2.75, 3.05) is 13.2 Å².